The monoisotopic (exact) mass is 300 g/mol. The van der Waals surface area contributed by atoms with Crippen molar-refractivity contribution in [2.24, 2.45) is 0 Å². The minimum absolute atomic E-state index is 0.682. The van der Waals surface area contributed by atoms with E-state index in [1.54, 1.807) is 7.11 Å². The summed E-state index contributed by atoms with van der Waals surface area (Å²) >= 11 is 0. The van der Waals surface area contributed by atoms with E-state index in [1.165, 1.54) is 5.56 Å². The molecule has 0 saturated carbocycles. The first-order valence-corrected chi connectivity index (χ1v) is 7.64. The highest BCUT2D eigenvalue weighted by Crippen LogP contribution is 2.22. The summed E-state index contributed by atoms with van der Waals surface area (Å²) in [6, 6.07) is 12.3. The number of rotatable bonds is 8. The Labute approximate surface area is 132 Å². The second-order valence-electron chi connectivity index (χ2n) is 5.07. The third-order valence-electron chi connectivity index (χ3n) is 3.45. The quantitative estimate of drug-likeness (QED) is 0.760. The van der Waals surface area contributed by atoms with E-state index in [2.05, 4.69) is 17.4 Å². The summed E-state index contributed by atoms with van der Waals surface area (Å²) < 4.78 is 10.5. The SMILES string of the molecule is CCOc1ccc(-c2ccc(CNCCOC)c(C)n2)cc1. The molecule has 1 aromatic heterocycles. The molecule has 0 unspecified atom stereocenters. The molecule has 0 fully saturated rings. The van der Waals surface area contributed by atoms with Crippen molar-refractivity contribution in [3.05, 3.63) is 47.7 Å². The molecule has 0 spiro atoms. The van der Waals surface area contributed by atoms with Crippen LogP contribution in [0.15, 0.2) is 36.4 Å². The maximum absolute atomic E-state index is 5.46. The Morgan fingerprint density at radius 3 is 2.50 bits per heavy atom. The maximum Gasteiger partial charge on any atom is 0.119 e. The first-order valence-electron chi connectivity index (χ1n) is 7.64. The summed E-state index contributed by atoms with van der Waals surface area (Å²) in [5, 5.41) is 3.34. The average molecular weight is 300 g/mol. The van der Waals surface area contributed by atoms with Crippen LogP contribution in [0.25, 0.3) is 11.3 Å². The summed E-state index contributed by atoms with van der Waals surface area (Å²) in [6.07, 6.45) is 0. The van der Waals surface area contributed by atoms with Gasteiger partial charge in [0.15, 0.2) is 0 Å². The zero-order valence-corrected chi connectivity index (χ0v) is 13.6. The third kappa shape index (κ3) is 4.55. The number of hydrogen-bond acceptors (Lipinski definition) is 4. The van der Waals surface area contributed by atoms with Crippen LogP contribution in [0.5, 0.6) is 5.75 Å². The number of methoxy groups -OCH3 is 1. The molecular formula is C18H24N2O2. The Hall–Kier alpha value is -1.91. The number of benzene rings is 1. The van der Waals surface area contributed by atoms with Gasteiger partial charge in [-0.2, -0.15) is 0 Å². The predicted molar refractivity (Wildman–Crippen MR) is 89.2 cm³/mol. The van der Waals surface area contributed by atoms with Crippen molar-refractivity contribution in [2.45, 2.75) is 20.4 Å². The van der Waals surface area contributed by atoms with Crippen molar-refractivity contribution in [3.63, 3.8) is 0 Å². The molecule has 4 heteroatoms. The molecule has 1 heterocycles. The Bertz CT molecular complexity index is 582. The molecule has 0 atom stereocenters. The molecule has 0 radical (unpaired) electrons. The van der Waals surface area contributed by atoms with Gasteiger partial charge in [-0.05, 0) is 49.7 Å². The van der Waals surface area contributed by atoms with Crippen molar-refractivity contribution in [1.82, 2.24) is 10.3 Å². The van der Waals surface area contributed by atoms with E-state index in [4.69, 9.17) is 14.5 Å². The fourth-order valence-corrected chi connectivity index (χ4v) is 2.22. The lowest BCUT2D eigenvalue weighted by molar-refractivity contribution is 0.199. The van der Waals surface area contributed by atoms with Crippen molar-refractivity contribution < 1.29 is 9.47 Å². The highest BCUT2D eigenvalue weighted by molar-refractivity contribution is 5.60. The lowest BCUT2D eigenvalue weighted by Gasteiger charge is -2.10. The van der Waals surface area contributed by atoms with Crippen LogP contribution in [-0.4, -0.2) is 31.9 Å². The molecule has 118 valence electrons. The first-order chi connectivity index (χ1) is 10.7. The van der Waals surface area contributed by atoms with Crippen LogP contribution in [-0.2, 0) is 11.3 Å². The molecule has 0 saturated heterocycles. The van der Waals surface area contributed by atoms with Gasteiger partial charge in [0, 0.05) is 31.5 Å². The number of aromatic nitrogens is 1. The predicted octanol–water partition coefficient (Wildman–Crippen LogP) is 3.19. The molecule has 2 rings (SSSR count). The second-order valence-corrected chi connectivity index (χ2v) is 5.07. The Morgan fingerprint density at radius 2 is 1.86 bits per heavy atom. The van der Waals surface area contributed by atoms with Crippen molar-refractivity contribution in [1.29, 1.82) is 0 Å². The van der Waals surface area contributed by atoms with Gasteiger partial charge in [0.1, 0.15) is 5.75 Å². The standard InChI is InChI=1S/C18H24N2O2/c1-4-22-17-8-5-15(6-9-17)18-10-7-16(14(2)20-18)13-19-11-12-21-3/h5-10,19H,4,11-13H2,1-3H3. The molecule has 4 nitrogen and oxygen atoms in total. The van der Waals surface area contributed by atoms with Gasteiger partial charge in [0.25, 0.3) is 0 Å². The van der Waals surface area contributed by atoms with Crippen molar-refractivity contribution in [2.75, 3.05) is 26.9 Å². The number of ether oxygens (including phenoxy) is 2. The van der Waals surface area contributed by atoms with Crippen molar-refractivity contribution in [3.8, 4) is 17.0 Å². The van der Waals surface area contributed by atoms with Crippen LogP contribution in [0.3, 0.4) is 0 Å². The molecule has 0 amide bonds. The molecule has 1 aromatic carbocycles. The van der Waals surface area contributed by atoms with Gasteiger partial charge in [-0.15, -0.1) is 0 Å². The van der Waals surface area contributed by atoms with Crippen LogP contribution in [0, 0.1) is 6.92 Å². The molecule has 2 aromatic rings. The minimum Gasteiger partial charge on any atom is -0.494 e. The average Bonchev–Trinajstić information content (AvgIpc) is 2.54. The Morgan fingerprint density at radius 1 is 1.09 bits per heavy atom. The summed E-state index contributed by atoms with van der Waals surface area (Å²) in [7, 11) is 1.71. The van der Waals surface area contributed by atoms with Crippen LogP contribution >= 0.6 is 0 Å². The summed E-state index contributed by atoms with van der Waals surface area (Å²) in [5.41, 5.74) is 4.36. The minimum atomic E-state index is 0.682. The third-order valence-corrected chi connectivity index (χ3v) is 3.45. The first kappa shape index (κ1) is 16.5. The lowest BCUT2D eigenvalue weighted by atomic mass is 10.1. The fraction of sp³-hybridized carbons (Fsp3) is 0.389. The van der Waals surface area contributed by atoms with Gasteiger partial charge in [-0.3, -0.25) is 4.98 Å². The number of nitrogens with one attached hydrogen (secondary N) is 1. The van der Waals surface area contributed by atoms with Gasteiger partial charge >= 0.3 is 0 Å². The Kier molecular flexibility index (Phi) is 6.37. The van der Waals surface area contributed by atoms with E-state index >= 15 is 0 Å². The number of aryl methyl sites for hydroxylation is 1. The van der Waals surface area contributed by atoms with E-state index < -0.39 is 0 Å². The molecular weight excluding hydrogens is 276 g/mol. The zero-order valence-electron chi connectivity index (χ0n) is 13.6. The van der Waals surface area contributed by atoms with Crippen LogP contribution in [0.4, 0.5) is 0 Å². The van der Waals surface area contributed by atoms with Gasteiger partial charge in [-0.25, -0.2) is 0 Å². The zero-order chi connectivity index (χ0) is 15.8. The van der Waals surface area contributed by atoms with E-state index in [-0.39, 0.29) is 0 Å². The molecule has 0 aliphatic heterocycles. The van der Waals surface area contributed by atoms with E-state index in [0.29, 0.717) is 6.61 Å². The number of nitrogens with zero attached hydrogens (tertiary/aromatic N) is 1. The van der Waals surface area contributed by atoms with Gasteiger partial charge in [0.05, 0.1) is 18.9 Å². The molecule has 0 aliphatic carbocycles. The molecule has 1 N–H and O–H groups in total. The normalized spacial score (nSPS) is 10.7. The van der Waals surface area contributed by atoms with Crippen LogP contribution in [0.1, 0.15) is 18.2 Å². The fourth-order valence-electron chi connectivity index (χ4n) is 2.22. The highest BCUT2D eigenvalue weighted by Gasteiger charge is 2.04. The topological polar surface area (TPSA) is 43.4 Å². The van der Waals surface area contributed by atoms with Gasteiger partial charge in [0.2, 0.25) is 0 Å². The molecule has 0 bridgehead atoms. The molecule has 22 heavy (non-hydrogen) atoms. The summed E-state index contributed by atoms with van der Waals surface area (Å²) in [4.78, 5) is 4.71. The Balaban J connectivity index is 2.04. The molecule has 0 aliphatic rings. The summed E-state index contributed by atoms with van der Waals surface area (Å²) in [5.74, 6) is 0.891. The smallest absolute Gasteiger partial charge is 0.119 e. The second kappa shape index (κ2) is 8.51. The maximum atomic E-state index is 5.46. The lowest BCUT2D eigenvalue weighted by Crippen LogP contribution is -2.19. The highest BCUT2D eigenvalue weighted by atomic mass is 16.5. The number of pyridine rings is 1. The van der Waals surface area contributed by atoms with Gasteiger partial charge < -0.3 is 14.8 Å². The van der Waals surface area contributed by atoms with Crippen molar-refractivity contribution >= 4 is 0 Å². The van der Waals surface area contributed by atoms with E-state index in [0.717, 1.165) is 42.4 Å². The number of hydrogen-bond donors (Lipinski definition) is 1. The van der Waals surface area contributed by atoms with Gasteiger partial charge in [-0.1, -0.05) is 6.07 Å². The summed E-state index contributed by atoms with van der Waals surface area (Å²) in [6.45, 7) is 7.09. The van der Waals surface area contributed by atoms with E-state index in [9.17, 15) is 0 Å². The van der Waals surface area contributed by atoms with Crippen LogP contribution < -0.4 is 10.1 Å². The largest absolute Gasteiger partial charge is 0.494 e. The van der Waals surface area contributed by atoms with E-state index in [1.807, 2.05) is 38.1 Å². The van der Waals surface area contributed by atoms with Crippen LogP contribution in [0.2, 0.25) is 0 Å².